The van der Waals surface area contributed by atoms with Crippen LogP contribution in [0.1, 0.15) is 16.7 Å². The van der Waals surface area contributed by atoms with Crippen molar-refractivity contribution in [3.05, 3.63) is 20.3 Å². The Balaban J connectivity index is 2.00. The molecule has 0 aliphatic carbocycles. The number of thiophene rings is 1. The first-order valence-corrected chi connectivity index (χ1v) is 7.28. The molecule has 17 heavy (non-hydrogen) atoms. The number of rotatable bonds is 3. The number of aliphatic carboxylic acids is 1. The van der Waals surface area contributed by atoms with E-state index >= 15 is 0 Å². The number of carboxylic acids is 1. The third-order valence-corrected chi connectivity index (χ3v) is 5.41. The molecule has 2 heterocycles. The van der Waals surface area contributed by atoms with E-state index in [1.807, 2.05) is 6.92 Å². The first-order valence-electron chi connectivity index (χ1n) is 5.67. The average molecular weight is 318 g/mol. The third kappa shape index (κ3) is 2.89. The van der Waals surface area contributed by atoms with Crippen molar-refractivity contribution in [2.75, 3.05) is 13.1 Å². The van der Waals surface area contributed by atoms with Crippen molar-refractivity contribution in [1.82, 2.24) is 4.90 Å². The van der Waals surface area contributed by atoms with Gasteiger partial charge in [0.2, 0.25) is 0 Å². The summed E-state index contributed by atoms with van der Waals surface area (Å²) in [5, 5.41) is 9.08. The lowest BCUT2D eigenvalue weighted by Gasteiger charge is -2.13. The van der Waals surface area contributed by atoms with Crippen LogP contribution in [0.3, 0.4) is 0 Å². The number of halogens is 1. The van der Waals surface area contributed by atoms with E-state index in [0.29, 0.717) is 6.54 Å². The molecule has 1 saturated heterocycles. The van der Waals surface area contributed by atoms with E-state index in [-0.39, 0.29) is 11.8 Å². The normalized spacial score (nSPS) is 25.4. The van der Waals surface area contributed by atoms with Gasteiger partial charge < -0.3 is 5.11 Å². The van der Waals surface area contributed by atoms with Gasteiger partial charge in [0.1, 0.15) is 0 Å². The van der Waals surface area contributed by atoms with Gasteiger partial charge >= 0.3 is 5.97 Å². The molecule has 2 rings (SSSR count). The SMILES string of the molecule is Cc1sc(CN2C[C@@H](C)[C@H](C(=O)O)C2)cc1Br. The van der Waals surface area contributed by atoms with Crippen LogP contribution < -0.4 is 0 Å². The second-order valence-corrected chi connectivity index (χ2v) is 6.93. The lowest BCUT2D eigenvalue weighted by atomic mass is 9.99. The Kier molecular flexibility index (Phi) is 3.90. The lowest BCUT2D eigenvalue weighted by molar-refractivity contribution is -0.142. The molecular weight excluding hydrogens is 302 g/mol. The molecule has 2 atom stereocenters. The van der Waals surface area contributed by atoms with E-state index in [9.17, 15) is 4.79 Å². The number of hydrogen-bond acceptors (Lipinski definition) is 3. The first kappa shape index (κ1) is 13.1. The van der Waals surface area contributed by atoms with Crippen molar-refractivity contribution in [2.24, 2.45) is 11.8 Å². The van der Waals surface area contributed by atoms with E-state index in [2.05, 4.69) is 33.8 Å². The van der Waals surface area contributed by atoms with Gasteiger partial charge in [0, 0.05) is 33.9 Å². The molecule has 0 saturated carbocycles. The third-order valence-electron chi connectivity index (χ3n) is 3.29. The Bertz CT molecular complexity index is 413. The Morgan fingerprint density at radius 2 is 2.35 bits per heavy atom. The summed E-state index contributed by atoms with van der Waals surface area (Å²) < 4.78 is 1.15. The van der Waals surface area contributed by atoms with Crippen LogP contribution in [0, 0.1) is 18.8 Å². The molecule has 5 heteroatoms. The maximum atomic E-state index is 11.0. The number of carbonyl (C=O) groups is 1. The molecule has 0 amide bonds. The lowest BCUT2D eigenvalue weighted by Crippen LogP contribution is -2.22. The summed E-state index contributed by atoms with van der Waals surface area (Å²) >= 11 is 5.29. The number of aryl methyl sites for hydroxylation is 1. The minimum absolute atomic E-state index is 0.209. The van der Waals surface area contributed by atoms with E-state index in [1.54, 1.807) is 11.3 Å². The first-order chi connectivity index (χ1) is 7.97. The molecule has 1 aromatic rings. The van der Waals surface area contributed by atoms with Crippen LogP contribution in [0.25, 0.3) is 0 Å². The molecule has 1 N–H and O–H groups in total. The van der Waals surface area contributed by atoms with Crippen LogP contribution in [0.4, 0.5) is 0 Å². The van der Waals surface area contributed by atoms with Crippen LogP contribution in [0.15, 0.2) is 10.5 Å². The zero-order valence-corrected chi connectivity index (χ0v) is 12.3. The van der Waals surface area contributed by atoms with Gasteiger partial charge in [-0.3, -0.25) is 9.69 Å². The van der Waals surface area contributed by atoms with E-state index in [0.717, 1.165) is 17.6 Å². The highest BCUT2D eigenvalue weighted by Gasteiger charge is 2.34. The molecule has 3 nitrogen and oxygen atoms in total. The topological polar surface area (TPSA) is 40.5 Å². The smallest absolute Gasteiger partial charge is 0.308 e. The van der Waals surface area contributed by atoms with E-state index in [1.165, 1.54) is 9.75 Å². The van der Waals surface area contributed by atoms with Crippen LogP contribution in [0.2, 0.25) is 0 Å². The minimum atomic E-state index is -0.663. The van der Waals surface area contributed by atoms with E-state index < -0.39 is 5.97 Å². The fraction of sp³-hybridized carbons (Fsp3) is 0.583. The fourth-order valence-corrected chi connectivity index (χ4v) is 3.98. The molecule has 0 aromatic carbocycles. The molecule has 0 radical (unpaired) electrons. The van der Waals surface area contributed by atoms with Gasteiger partial charge in [-0.1, -0.05) is 6.92 Å². The molecule has 0 bridgehead atoms. The highest BCUT2D eigenvalue weighted by atomic mass is 79.9. The number of carboxylic acid groups (broad SMARTS) is 1. The van der Waals surface area contributed by atoms with Gasteiger partial charge in [0.05, 0.1) is 5.92 Å². The number of hydrogen-bond donors (Lipinski definition) is 1. The van der Waals surface area contributed by atoms with Crippen LogP contribution in [-0.4, -0.2) is 29.1 Å². The van der Waals surface area contributed by atoms with E-state index in [4.69, 9.17) is 5.11 Å². The second-order valence-electron chi connectivity index (χ2n) is 4.73. The molecule has 1 aliphatic heterocycles. The fourth-order valence-electron chi connectivity index (χ4n) is 2.33. The zero-order valence-electron chi connectivity index (χ0n) is 9.94. The maximum Gasteiger partial charge on any atom is 0.308 e. The van der Waals surface area contributed by atoms with Crippen molar-refractivity contribution < 1.29 is 9.90 Å². The van der Waals surface area contributed by atoms with Crippen molar-refractivity contribution in [3.63, 3.8) is 0 Å². The Morgan fingerprint density at radius 1 is 1.65 bits per heavy atom. The summed E-state index contributed by atoms with van der Waals surface area (Å²) in [6.45, 7) is 6.53. The molecule has 1 aliphatic rings. The van der Waals surface area contributed by atoms with Gasteiger partial charge in [-0.05, 0) is 34.8 Å². The van der Waals surface area contributed by atoms with Gasteiger partial charge in [-0.2, -0.15) is 0 Å². The molecule has 94 valence electrons. The summed E-state index contributed by atoms with van der Waals surface area (Å²) in [4.78, 5) is 15.9. The summed E-state index contributed by atoms with van der Waals surface area (Å²) in [5.74, 6) is -0.625. The van der Waals surface area contributed by atoms with Crippen molar-refractivity contribution >= 4 is 33.2 Å². The molecule has 1 aromatic heterocycles. The van der Waals surface area contributed by atoms with Crippen LogP contribution >= 0.6 is 27.3 Å². The second kappa shape index (κ2) is 5.08. The molecule has 1 fully saturated rings. The van der Waals surface area contributed by atoms with Gasteiger partial charge in [0.25, 0.3) is 0 Å². The highest BCUT2D eigenvalue weighted by molar-refractivity contribution is 9.10. The van der Waals surface area contributed by atoms with Crippen LogP contribution in [0.5, 0.6) is 0 Å². The summed E-state index contributed by atoms with van der Waals surface area (Å²) in [6.07, 6.45) is 0. The quantitative estimate of drug-likeness (QED) is 0.931. The van der Waals surface area contributed by atoms with Crippen molar-refractivity contribution in [3.8, 4) is 0 Å². The van der Waals surface area contributed by atoms with Gasteiger partial charge in [0.15, 0.2) is 0 Å². The predicted molar refractivity (Wildman–Crippen MR) is 72.3 cm³/mol. The summed E-state index contributed by atoms with van der Waals surface area (Å²) in [5.41, 5.74) is 0. The van der Waals surface area contributed by atoms with Crippen molar-refractivity contribution in [2.45, 2.75) is 20.4 Å². The van der Waals surface area contributed by atoms with Crippen LogP contribution in [-0.2, 0) is 11.3 Å². The molecule has 0 spiro atoms. The maximum absolute atomic E-state index is 11.0. The summed E-state index contributed by atoms with van der Waals surface area (Å²) in [6, 6.07) is 2.14. The Labute approximate surface area is 114 Å². The largest absolute Gasteiger partial charge is 0.481 e. The standard InChI is InChI=1S/C12H16BrNO2S/c1-7-4-14(6-10(7)12(15)16)5-9-3-11(13)8(2)17-9/h3,7,10H,4-6H2,1-2H3,(H,15,16)/t7-,10-/m1/s1. The minimum Gasteiger partial charge on any atom is -0.481 e. The monoisotopic (exact) mass is 317 g/mol. The van der Waals surface area contributed by atoms with Crippen molar-refractivity contribution in [1.29, 1.82) is 0 Å². The van der Waals surface area contributed by atoms with Gasteiger partial charge in [-0.25, -0.2) is 0 Å². The predicted octanol–water partition coefficient (Wildman–Crippen LogP) is 2.97. The number of likely N-dealkylation sites (tertiary alicyclic amines) is 1. The summed E-state index contributed by atoms with van der Waals surface area (Å²) in [7, 11) is 0. The highest BCUT2D eigenvalue weighted by Crippen LogP contribution is 2.30. The average Bonchev–Trinajstić information content (AvgIpc) is 2.72. The Morgan fingerprint density at radius 3 is 2.82 bits per heavy atom. The molecule has 0 unspecified atom stereocenters. The number of nitrogens with zero attached hydrogens (tertiary/aromatic N) is 1. The molecular formula is C12H16BrNO2S. The zero-order chi connectivity index (χ0) is 12.6. The Hall–Kier alpha value is -0.390. The van der Waals surface area contributed by atoms with Gasteiger partial charge in [-0.15, -0.1) is 11.3 Å².